The minimum absolute atomic E-state index is 0. The Morgan fingerprint density at radius 3 is 2.33 bits per heavy atom. The molecule has 0 saturated carbocycles. The SMILES string of the molecule is COC(=O)C(CNC(=O)CC(N)c1ccccc1)Cc1ccc2ccccc2c1.Cl. The van der Waals surface area contributed by atoms with Crippen LogP contribution in [-0.2, 0) is 20.7 Å². The summed E-state index contributed by atoms with van der Waals surface area (Å²) in [7, 11) is 1.36. The lowest BCUT2D eigenvalue weighted by Gasteiger charge is -2.17. The van der Waals surface area contributed by atoms with E-state index in [1.165, 1.54) is 7.11 Å². The van der Waals surface area contributed by atoms with Gasteiger partial charge in [-0.25, -0.2) is 0 Å². The number of hydrogen-bond acceptors (Lipinski definition) is 4. The Morgan fingerprint density at radius 2 is 1.63 bits per heavy atom. The van der Waals surface area contributed by atoms with E-state index in [1.807, 2.05) is 66.7 Å². The monoisotopic (exact) mass is 426 g/mol. The van der Waals surface area contributed by atoms with E-state index in [-0.39, 0.29) is 43.3 Å². The summed E-state index contributed by atoms with van der Waals surface area (Å²) in [6, 6.07) is 23.3. The molecule has 5 nitrogen and oxygen atoms in total. The first kappa shape index (κ1) is 23.4. The van der Waals surface area contributed by atoms with Gasteiger partial charge in [0.1, 0.15) is 0 Å². The Labute approximate surface area is 183 Å². The molecule has 3 aromatic carbocycles. The lowest BCUT2D eigenvalue weighted by molar-refractivity contribution is -0.145. The molecule has 6 heteroatoms. The quantitative estimate of drug-likeness (QED) is 0.537. The zero-order valence-corrected chi connectivity index (χ0v) is 17.7. The second-order valence-corrected chi connectivity index (χ2v) is 7.13. The van der Waals surface area contributed by atoms with E-state index >= 15 is 0 Å². The van der Waals surface area contributed by atoms with Crippen LogP contribution < -0.4 is 11.1 Å². The van der Waals surface area contributed by atoms with Crippen LogP contribution in [0.25, 0.3) is 10.8 Å². The third-order valence-electron chi connectivity index (χ3n) is 5.01. The number of methoxy groups -OCH3 is 1. The summed E-state index contributed by atoms with van der Waals surface area (Å²) >= 11 is 0. The lowest BCUT2D eigenvalue weighted by Crippen LogP contribution is -2.36. The number of ether oxygens (including phenoxy) is 1. The summed E-state index contributed by atoms with van der Waals surface area (Å²) in [5.74, 6) is -0.988. The largest absolute Gasteiger partial charge is 0.469 e. The molecule has 3 N–H and O–H groups in total. The molecule has 2 atom stereocenters. The first-order valence-electron chi connectivity index (χ1n) is 9.69. The van der Waals surface area contributed by atoms with Crippen LogP contribution in [0.1, 0.15) is 23.6 Å². The molecule has 1 amide bonds. The molecule has 0 spiro atoms. The molecule has 0 aromatic heterocycles. The zero-order valence-electron chi connectivity index (χ0n) is 16.9. The van der Waals surface area contributed by atoms with Crippen LogP contribution in [-0.4, -0.2) is 25.5 Å². The molecule has 0 heterocycles. The van der Waals surface area contributed by atoms with Gasteiger partial charge in [0.2, 0.25) is 5.91 Å². The smallest absolute Gasteiger partial charge is 0.310 e. The predicted octanol–water partition coefficient (Wildman–Crippen LogP) is 3.80. The maximum absolute atomic E-state index is 12.3. The highest BCUT2D eigenvalue weighted by Gasteiger charge is 2.21. The lowest BCUT2D eigenvalue weighted by atomic mass is 9.97. The maximum atomic E-state index is 12.3. The van der Waals surface area contributed by atoms with Crippen LogP contribution in [0, 0.1) is 5.92 Å². The van der Waals surface area contributed by atoms with E-state index in [9.17, 15) is 9.59 Å². The zero-order chi connectivity index (χ0) is 20.6. The molecule has 0 aliphatic carbocycles. The van der Waals surface area contributed by atoms with E-state index in [2.05, 4.69) is 11.4 Å². The Kier molecular flexibility index (Phi) is 8.84. The molecule has 0 aliphatic heterocycles. The Morgan fingerprint density at radius 1 is 0.967 bits per heavy atom. The summed E-state index contributed by atoms with van der Waals surface area (Å²) < 4.78 is 4.94. The van der Waals surface area contributed by atoms with Crippen LogP contribution in [0.15, 0.2) is 72.8 Å². The van der Waals surface area contributed by atoms with Gasteiger partial charge < -0.3 is 15.8 Å². The van der Waals surface area contributed by atoms with Gasteiger partial charge in [0, 0.05) is 19.0 Å². The van der Waals surface area contributed by atoms with Crippen molar-refractivity contribution in [3.8, 4) is 0 Å². The number of fused-ring (bicyclic) bond motifs is 1. The second-order valence-electron chi connectivity index (χ2n) is 7.13. The molecule has 0 aliphatic rings. The molecular weight excluding hydrogens is 400 g/mol. The van der Waals surface area contributed by atoms with Crippen LogP contribution >= 0.6 is 12.4 Å². The molecule has 2 unspecified atom stereocenters. The fraction of sp³-hybridized carbons (Fsp3) is 0.250. The predicted molar refractivity (Wildman–Crippen MR) is 121 cm³/mol. The number of nitrogens with two attached hydrogens (primary N) is 1. The van der Waals surface area contributed by atoms with E-state index in [0.717, 1.165) is 21.9 Å². The molecular formula is C24H27ClN2O3. The molecule has 0 radical (unpaired) electrons. The van der Waals surface area contributed by atoms with Gasteiger partial charge in [-0.1, -0.05) is 72.8 Å². The average Bonchev–Trinajstić information content (AvgIpc) is 2.76. The van der Waals surface area contributed by atoms with Gasteiger partial charge in [-0.05, 0) is 28.3 Å². The number of halogens is 1. The minimum Gasteiger partial charge on any atom is -0.469 e. The van der Waals surface area contributed by atoms with Crippen molar-refractivity contribution in [2.24, 2.45) is 11.7 Å². The number of esters is 1. The molecule has 158 valence electrons. The summed E-state index contributed by atoms with van der Waals surface area (Å²) in [5.41, 5.74) is 8.04. The summed E-state index contributed by atoms with van der Waals surface area (Å²) in [5, 5.41) is 5.10. The van der Waals surface area contributed by atoms with Crippen molar-refractivity contribution in [2.45, 2.75) is 18.9 Å². The fourth-order valence-corrected chi connectivity index (χ4v) is 3.38. The Bertz CT molecular complexity index is 978. The van der Waals surface area contributed by atoms with Gasteiger partial charge in [0.25, 0.3) is 0 Å². The Balaban J connectivity index is 0.00000320. The number of hydrogen-bond donors (Lipinski definition) is 2. The number of nitrogens with one attached hydrogen (secondary N) is 1. The third-order valence-corrected chi connectivity index (χ3v) is 5.01. The molecule has 0 bridgehead atoms. The van der Waals surface area contributed by atoms with Crippen molar-refractivity contribution in [1.82, 2.24) is 5.32 Å². The second kappa shape index (κ2) is 11.3. The number of amides is 1. The maximum Gasteiger partial charge on any atom is 0.310 e. The Hall–Kier alpha value is -2.89. The average molecular weight is 427 g/mol. The van der Waals surface area contributed by atoms with Crippen molar-refractivity contribution in [2.75, 3.05) is 13.7 Å². The van der Waals surface area contributed by atoms with Crippen LogP contribution in [0.5, 0.6) is 0 Å². The standard InChI is InChI=1S/C24H26N2O3.ClH/c1-29-24(28)21(14-17-11-12-18-7-5-6-10-20(18)13-17)16-26-23(27)15-22(25)19-8-3-2-4-9-19;/h2-13,21-22H,14-16,25H2,1H3,(H,26,27);1H. The van der Waals surface area contributed by atoms with Gasteiger partial charge in [-0.3, -0.25) is 9.59 Å². The van der Waals surface area contributed by atoms with Gasteiger partial charge in [0.15, 0.2) is 0 Å². The highest BCUT2D eigenvalue weighted by atomic mass is 35.5. The van der Waals surface area contributed by atoms with Crippen molar-refractivity contribution in [3.05, 3.63) is 83.9 Å². The van der Waals surface area contributed by atoms with Crippen LogP contribution in [0.4, 0.5) is 0 Å². The van der Waals surface area contributed by atoms with Crippen LogP contribution in [0.2, 0.25) is 0 Å². The minimum atomic E-state index is -0.460. The van der Waals surface area contributed by atoms with E-state index < -0.39 is 5.92 Å². The first-order valence-corrected chi connectivity index (χ1v) is 9.69. The van der Waals surface area contributed by atoms with Gasteiger partial charge in [0.05, 0.1) is 13.0 Å². The molecule has 0 fully saturated rings. The van der Waals surface area contributed by atoms with Crippen LogP contribution in [0.3, 0.4) is 0 Å². The van der Waals surface area contributed by atoms with Gasteiger partial charge in [-0.15, -0.1) is 12.4 Å². The van der Waals surface area contributed by atoms with E-state index in [4.69, 9.17) is 10.5 Å². The highest BCUT2D eigenvalue weighted by molar-refractivity contribution is 5.85. The topological polar surface area (TPSA) is 81.4 Å². The molecule has 3 rings (SSSR count). The van der Waals surface area contributed by atoms with Crippen molar-refractivity contribution in [3.63, 3.8) is 0 Å². The third kappa shape index (κ3) is 6.31. The number of benzene rings is 3. The number of carbonyl (C=O) groups is 2. The van der Waals surface area contributed by atoms with Crippen molar-refractivity contribution >= 4 is 35.1 Å². The highest BCUT2D eigenvalue weighted by Crippen LogP contribution is 2.19. The molecule has 3 aromatic rings. The fourth-order valence-electron chi connectivity index (χ4n) is 3.38. The first-order chi connectivity index (χ1) is 14.1. The summed E-state index contributed by atoms with van der Waals surface area (Å²) in [6.07, 6.45) is 0.649. The normalized spacial score (nSPS) is 12.5. The molecule has 0 saturated heterocycles. The van der Waals surface area contributed by atoms with E-state index in [1.54, 1.807) is 0 Å². The summed E-state index contributed by atoms with van der Waals surface area (Å²) in [6.45, 7) is 0.208. The van der Waals surface area contributed by atoms with Crippen molar-refractivity contribution < 1.29 is 14.3 Å². The van der Waals surface area contributed by atoms with Gasteiger partial charge >= 0.3 is 5.97 Å². The van der Waals surface area contributed by atoms with Gasteiger partial charge in [-0.2, -0.15) is 0 Å². The van der Waals surface area contributed by atoms with E-state index in [0.29, 0.717) is 6.42 Å². The molecule has 30 heavy (non-hydrogen) atoms. The summed E-state index contributed by atoms with van der Waals surface area (Å²) in [4.78, 5) is 24.6. The number of carbonyl (C=O) groups excluding carboxylic acids is 2. The van der Waals surface area contributed by atoms with Crippen molar-refractivity contribution in [1.29, 1.82) is 0 Å². The number of rotatable bonds is 8.